The Bertz CT molecular complexity index is 2600. The molecule has 0 radical (unpaired) electrons. The van der Waals surface area contributed by atoms with Gasteiger partial charge in [0.05, 0.1) is 33.8 Å². The molecule has 1 aliphatic heterocycles. The number of hydrogen-bond acceptors (Lipinski definition) is 8. The summed E-state index contributed by atoms with van der Waals surface area (Å²) in [5, 5.41) is 17.9. The molecule has 0 saturated carbocycles. The zero-order valence-corrected chi connectivity index (χ0v) is 26.4. The van der Waals surface area contributed by atoms with Gasteiger partial charge in [0.25, 0.3) is 5.56 Å². The Morgan fingerprint density at radius 3 is 2.47 bits per heavy atom. The second-order valence-corrected chi connectivity index (χ2v) is 12.1. The first-order valence-electron chi connectivity index (χ1n) is 15.8. The van der Waals surface area contributed by atoms with Crippen LogP contribution in [-0.2, 0) is 25.9 Å². The van der Waals surface area contributed by atoms with Crippen molar-refractivity contribution < 1.29 is 17.6 Å². The quantitative estimate of drug-likeness (QED) is 0.201. The van der Waals surface area contributed by atoms with Crippen LogP contribution in [0, 0.1) is 29.9 Å². The van der Waals surface area contributed by atoms with Crippen molar-refractivity contribution in [1.29, 1.82) is 5.26 Å². The molecule has 7 aromatic rings. The Kier molecular flexibility index (Phi) is 7.10. The second kappa shape index (κ2) is 11.5. The lowest BCUT2D eigenvalue weighted by Gasteiger charge is -2.15. The minimum atomic E-state index is -0.679. The number of fused-ring (bicyclic) bond motifs is 4. The number of oxazole rings is 1. The Hall–Kier alpha value is -6.16. The Labute approximate surface area is 276 Å². The largest absolute Gasteiger partial charge is 0.421 e. The van der Waals surface area contributed by atoms with E-state index in [1.54, 1.807) is 54.9 Å². The third kappa shape index (κ3) is 4.95. The lowest BCUT2D eigenvalue weighted by molar-refractivity contribution is 0.488. The van der Waals surface area contributed by atoms with Crippen molar-refractivity contribution in [3.8, 4) is 28.7 Å². The summed E-state index contributed by atoms with van der Waals surface area (Å²) in [5.74, 6) is -1.15. The van der Waals surface area contributed by atoms with Crippen molar-refractivity contribution in [2.45, 2.75) is 52.2 Å². The lowest BCUT2D eigenvalue weighted by atomic mass is 9.93. The van der Waals surface area contributed by atoms with Gasteiger partial charge in [-0.1, -0.05) is 24.3 Å². The number of rotatable bonds is 7. The summed E-state index contributed by atoms with van der Waals surface area (Å²) < 4.78 is 44.9. The van der Waals surface area contributed by atoms with E-state index in [4.69, 9.17) is 19.1 Å². The van der Waals surface area contributed by atoms with Crippen LogP contribution in [0.4, 0.5) is 8.78 Å². The first-order chi connectivity index (χ1) is 23.7. The van der Waals surface area contributed by atoms with E-state index in [2.05, 4.69) is 10.2 Å². The molecule has 1 atom stereocenters. The second-order valence-electron chi connectivity index (χ2n) is 12.1. The van der Waals surface area contributed by atoms with Gasteiger partial charge in [-0.2, -0.15) is 5.26 Å². The van der Waals surface area contributed by atoms with Crippen LogP contribution >= 0.6 is 0 Å². The van der Waals surface area contributed by atoms with Crippen LogP contribution in [-0.4, -0.2) is 29.1 Å². The molecule has 0 spiro atoms. The molecule has 49 heavy (non-hydrogen) atoms. The van der Waals surface area contributed by atoms with Gasteiger partial charge >= 0.3 is 5.76 Å². The molecule has 4 aromatic heterocycles. The van der Waals surface area contributed by atoms with E-state index in [1.807, 2.05) is 10.8 Å². The standard InChI is InChI=1S/C36H27F2N7O4/c1-19(22-7-8-24(18-39)26(38)16-22)45-28-13-9-23(17-29(28)49-36(45)47)30-31(34-42-41-20(2)48-34)27(12-6-21-4-10-25(37)11-5-21)40-33-32(30)35(46)44-15-3-14-43(33)44/h4-5,7-11,13,16-17,19H,3,6,12,14-15H2,1-2H3/t19-/m1/s1. The van der Waals surface area contributed by atoms with Crippen LogP contribution in [0.2, 0.25) is 0 Å². The molecule has 0 bridgehead atoms. The summed E-state index contributed by atoms with van der Waals surface area (Å²) in [6.07, 6.45) is 1.73. The highest BCUT2D eigenvalue weighted by atomic mass is 19.1. The molecule has 8 rings (SSSR count). The van der Waals surface area contributed by atoms with Crippen molar-refractivity contribution in [3.05, 3.63) is 121 Å². The average Bonchev–Trinajstić information content (AvgIpc) is 3.88. The molecule has 1 aliphatic rings. The fourth-order valence-corrected chi connectivity index (χ4v) is 6.78. The van der Waals surface area contributed by atoms with E-state index in [9.17, 15) is 18.4 Å². The minimum absolute atomic E-state index is 0.0921. The molecule has 0 fully saturated rings. The van der Waals surface area contributed by atoms with Crippen molar-refractivity contribution >= 4 is 22.1 Å². The molecule has 244 valence electrons. The zero-order chi connectivity index (χ0) is 34.0. The number of nitriles is 1. The fourth-order valence-electron chi connectivity index (χ4n) is 6.78. The molecule has 0 amide bonds. The molecule has 0 saturated heterocycles. The van der Waals surface area contributed by atoms with E-state index < -0.39 is 17.6 Å². The summed E-state index contributed by atoms with van der Waals surface area (Å²) in [7, 11) is 0. The van der Waals surface area contributed by atoms with Crippen LogP contribution in [0.3, 0.4) is 0 Å². The predicted octanol–water partition coefficient (Wildman–Crippen LogP) is 6.08. The van der Waals surface area contributed by atoms with Crippen molar-refractivity contribution in [2.24, 2.45) is 0 Å². The van der Waals surface area contributed by atoms with Gasteiger partial charge in [0.2, 0.25) is 11.8 Å². The summed E-state index contributed by atoms with van der Waals surface area (Å²) in [5.41, 5.74) is 4.48. The van der Waals surface area contributed by atoms with Gasteiger partial charge in [0, 0.05) is 25.6 Å². The van der Waals surface area contributed by atoms with Gasteiger partial charge < -0.3 is 8.83 Å². The first kappa shape index (κ1) is 30.2. The summed E-state index contributed by atoms with van der Waals surface area (Å²) in [6.45, 7) is 4.57. The molecule has 11 nitrogen and oxygen atoms in total. The monoisotopic (exact) mass is 659 g/mol. The Balaban J connectivity index is 1.34. The summed E-state index contributed by atoms with van der Waals surface area (Å²) in [4.78, 5) is 32.4. The number of aryl methyl sites for hydroxylation is 4. The Morgan fingerprint density at radius 2 is 1.73 bits per heavy atom. The highest BCUT2D eigenvalue weighted by Crippen LogP contribution is 2.40. The van der Waals surface area contributed by atoms with Gasteiger partial charge in [-0.3, -0.25) is 14.0 Å². The van der Waals surface area contributed by atoms with E-state index in [0.29, 0.717) is 76.3 Å². The minimum Gasteiger partial charge on any atom is -0.421 e. The zero-order valence-electron chi connectivity index (χ0n) is 26.4. The Morgan fingerprint density at radius 1 is 0.939 bits per heavy atom. The highest BCUT2D eigenvalue weighted by molar-refractivity contribution is 6.02. The maximum Gasteiger partial charge on any atom is 0.420 e. The maximum atomic E-state index is 14.5. The van der Waals surface area contributed by atoms with Gasteiger partial charge in [0.1, 0.15) is 17.7 Å². The third-order valence-corrected chi connectivity index (χ3v) is 9.17. The molecular formula is C36H27F2N7O4. The van der Waals surface area contributed by atoms with E-state index in [-0.39, 0.29) is 28.4 Å². The molecular weight excluding hydrogens is 632 g/mol. The van der Waals surface area contributed by atoms with Crippen LogP contribution in [0.15, 0.2) is 79.1 Å². The molecule has 0 aliphatic carbocycles. The number of aromatic nitrogens is 6. The topological polar surface area (TPSA) is 138 Å². The lowest BCUT2D eigenvalue weighted by Crippen LogP contribution is -2.19. The molecule has 13 heteroatoms. The van der Waals surface area contributed by atoms with Crippen molar-refractivity contribution in [3.63, 3.8) is 0 Å². The van der Waals surface area contributed by atoms with Crippen molar-refractivity contribution in [1.82, 2.24) is 29.1 Å². The number of hydrogen-bond donors (Lipinski definition) is 0. The fraction of sp³-hybridized carbons (Fsp3) is 0.222. The van der Waals surface area contributed by atoms with Crippen LogP contribution in [0.5, 0.6) is 0 Å². The number of halogens is 2. The normalized spacial score (nSPS) is 13.3. The van der Waals surface area contributed by atoms with Gasteiger partial charge in [-0.25, -0.2) is 23.2 Å². The van der Waals surface area contributed by atoms with Gasteiger partial charge in [0.15, 0.2) is 11.2 Å². The number of benzene rings is 3. The van der Waals surface area contributed by atoms with E-state index in [0.717, 1.165) is 12.0 Å². The smallest absolute Gasteiger partial charge is 0.420 e. The third-order valence-electron chi connectivity index (χ3n) is 9.17. The van der Waals surface area contributed by atoms with Crippen LogP contribution < -0.4 is 11.3 Å². The van der Waals surface area contributed by atoms with E-state index in [1.165, 1.54) is 28.8 Å². The first-order valence-corrected chi connectivity index (χ1v) is 15.8. The van der Waals surface area contributed by atoms with Gasteiger partial charge in [-0.05, 0) is 79.3 Å². The number of pyridine rings is 1. The summed E-state index contributed by atoms with van der Waals surface area (Å²) >= 11 is 0. The average molecular weight is 660 g/mol. The van der Waals surface area contributed by atoms with Crippen LogP contribution in [0.25, 0.3) is 44.7 Å². The maximum absolute atomic E-state index is 14.5. The van der Waals surface area contributed by atoms with E-state index >= 15 is 0 Å². The van der Waals surface area contributed by atoms with Crippen molar-refractivity contribution in [2.75, 3.05) is 0 Å². The predicted molar refractivity (Wildman–Crippen MR) is 175 cm³/mol. The molecule has 0 N–H and O–H groups in total. The molecule has 3 aromatic carbocycles. The molecule has 5 heterocycles. The molecule has 0 unspecified atom stereocenters. The SMILES string of the molecule is Cc1nnc(-c2c(CCc3ccc(F)cc3)nc3c(c2-c2ccc4c(c2)oc(=O)n4[C@H](C)c2ccc(C#N)c(F)c2)c(=O)n2n3CCC2)o1. The van der Waals surface area contributed by atoms with Gasteiger partial charge in [-0.15, -0.1) is 10.2 Å². The highest BCUT2D eigenvalue weighted by Gasteiger charge is 2.30. The van der Waals surface area contributed by atoms with Crippen LogP contribution in [0.1, 0.15) is 47.7 Å². The summed E-state index contributed by atoms with van der Waals surface area (Å²) in [6, 6.07) is 16.9. The number of nitrogens with zero attached hydrogens (tertiary/aromatic N) is 7.